The molecule has 0 saturated carbocycles. The van der Waals surface area contributed by atoms with E-state index < -0.39 is 0 Å². The molecular weight excluding hydrogens is 326 g/mol. The Morgan fingerprint density at radius 2 is 2.12 bits per heavy atom. The number of aryl methyl sites for hydroxylation is 2. The number of hydrogen-bond donors (Lipinski definition) is 1. The molecule has 0 aliphatic carbocycles. The van der Waals surface area contributed by atoms with Gasteiger partial charge in [-0.15, -0.1) is 0 Å². The van der Waals surface area contributed by atoms with E-state index >= 15 is 0 Å². The van der Waals surface area contributed by atoms with Crippen molar-refractivity contribution in [2.24, 2.45) is 7.05 Å². The molecule has 0 unspecified atom stereocenters. The van der Waals surface area contributed by atoms with E-state index in [0.717, 1.165) is 22.6 Å². The molecule has 7 heteroatoms. The Kier molecular flexibility index (Phi) is 4.40. The lowest BCUT2D eigenvalue weighted by Crippen LogP contribution is -2.12. The minimum absolute atomic E-state index is 0.198. The molecule has 3 aromatic rings. The summed E-state index contributed by atoms with van der Waals surface area (Å²) in [6.45, 7) is 4.40. The molecule has 2 heterocycles. The number of nitrogens with zero attached hydrogens (tertiary/aromatic N) is 4. The SMILES string of the molecule is Cc1nn(Cc2cccc(Cl)c2)c(C)c1NC(=O)c1cnn(C)c1. The van der Waals surface area contributed by atoms with Crippen LogP contribution in [0.4, 0.5) is 5.69 Å². The minimum Gasteiger partial charge on any atom is -0.319 e. The van der Waals surface area contributed by atoms with Crippen molar-refractivity contribution in [1.29, 1.82) is 0 Å². The molecule has 1 aromatic carbocycles. The van der Waals surface area contributed by atoms with Gasteiger partial charge in [0.25, 0.3) is 5.91 Å². The van der Waals surface area contributed by atoms with Crippen LogP contribution in [0.1, 0.15) is 27.3 Å². The minimum atomic E-state index is -0.198. The van der Waals surface area contributed by atoms with Gasteiger partial charge in [-0.2, -0.15) is 10.2 Å². The van der Waals surface area contributed by atoms with E-state index in [9.17, 15) is 4.79 Å². The molecule has 0 radical (unpaired) electrons. The highest BCUT2D eigenvalue weighted by Crippen LogP contribution is 2.22. The van der Waals surface area contributed by atoms with Crippen LogP contribution < -0.4 is 5.32 Å². The van der Waals surface area contributed by atoms with E-state index in [0.29, 0.717) is 17.1 Å². The van der Waals surface area contributed by atoms with Crippen LogP contribution in [0.5, 0.6) is 0 Å². The third-order valence-corrected chi connectivity index (χ3v) is 4.04. The van der Waals surface area contributed by atoms with Gasteiger partial charge < -0.3 is 5.32 Å². The van der Waals surface area contributed by atoms with Gasteiger partial charge in [0.2, 0.25) is 0 Å². The van der Waals surface area contributed by atoms with Crippen molar-refractivity contribution in [3.05, 3.63) is 64.2 Å². The Morgan fingerprint density at radius 3 is 2.79 bits per heavy atom. The molecule has 3 rings (SSSR count). The molecule has 0 aliphatic rings. The van der Waals surface area contributed by atoms with Gasteiger partial charge in [0.1, 0.15) is 0 Å². The van der Waals surface area contributed by atoms with E-state index in [1.807, 2.05) is 42.8 Å². The second kappa shape index (κ2) is 6.49. The first-order chi connectivity index (χ1) is 11.4. The molecule has 0 aliphatic heterocycles. The maximum Gasteiger partial charge on any atom is 0.258 e. The Labute approximate surface area is 145 Å². The van der Waals surface area contributed by atoms with Gasteiger partial charge in [-0.05, 0) is 31.5 Å². The van der Waals surface area contributed by atoms with Crippen molar-refractivity contribution < 1.29 is 4.79 Å². The Hall–Kier alpha value is -2.60. The van der Waals surface area contributed by atoms with E-state index in [4.69, 9.17) is 11.6 Å². The molecule has 0 atom stereocenters. The highest BCUT2D eigenvalue weighted by Gasteiger charge is 2.16. The Balaban J connectivity index is 1.82. The summed E-state index contributed by atoms with van der Waals surface area (Å²) in [5.74, 6) is -0.198. The van der Waals surface area contributed by atoms with Gasteiger partial charge in [0.05, 0.1) is 35.4 Å². The fraction of sp³-hybridized carbons (Fsp3) is 0.235. The predicted octanol–water partition coefficient (Wildman–Crippen LogP) is 3.19. The van der Waals surface area contributed by atoms with Crippen LogP contribution in [0.25, 0.3) is 0 Å². The van der Waals surface area contributed by atoms with Gasteiger partial charge in [-0.25, -0.2) is 0 Å². The zero-order valence-corrected chi connectivity index (χ0v) is 14.5. The first kappa shape index (κ1) is 16.3. The fourth-order valence-electron chi connectivity index (χ4n) is 2.56. The van der Waals surface area contributed by atoms with Crippen molar-refractivity contribution in [2.75, 3.05) is 5.32 Å². The van der Waals surface area contributed by atoms with Crippen molar-refractivity contribution in [2.45, 2.75) is 20.4 Å². The monoisotopic (exact) mass is 343 g/mol. The van der Waals surface area contributed by atoms with Crippen molar-refractivity contribution in [1.82, 2.24) is 19.6 Å². The summed E-state index contributed by atoms with van der Waals surface area (Å²) in [7, 11) is 1.77. The maximum atomic E-state index is 12.3. The number of amides is 1. The lowest BCUT2D eigenvalue weighted by Gasteiger charge is -2.07. The van der Waals surface area contributed by atoms with Gasteiger partial charge in [-0.3, -0.25) is 14.2 Å². The molecule has 0 saturated heterocycles. The van der Waals surface area contributed by atoms with Gasteiger partial charge in [0.15, 0.2) is 0 Å². The number of benzene rings is 1. The topological polar surface area (TPSA) is 64.7 Å². The number of halogens is 1. The van der Waals surface area contributed by atoms with Crippen LogP contribution in [0, 0.1) is 13.8 Å². The van der Waals surface area contributed by atoms with E-state index in [1.165, 1.54) is 6.20 Å². The quantitative estimate of drug-likeness (QED) is 0.791. The van der Waals surface area contributed by atoms with Crippen molar-refractivity contribution in [3.63, 3.8) is 0 Å². The highest BCUT2D eigenvalue weighted by molar-refractivity contribution is 6.30. The zero-order valence-electron chi connectivity index (χ0n) is 13.7. The smallest absolute Gasteiger partial charge is 0.258 e. The molecule has 0 bridgehead atoms. The molecule has 0 spiro atoms. The largest absolute Gasteiger partial charge is 0.319 e. The average molecular weight is 344 g/mol. The molecular formula is C17H18ClN5O. The normalized spacial score (nSPS) is 10.8. The number of nitrogens with one attached hydrogen (secondary N) is 1. The van der Waals surface area contributed by atoms with Crippen LogP contribution in [0.2, 0.25) is 5.02 Å². The third-order valence-electron chi connectivity index (χ3n) is 3.81. The first-order valence-electron chi connectivity index (χ1n) is 7.52. The number of aromatic nitrogens is 4. The molecule has 1 amide bonds. The van der Waals surface area contributed by atoms with E-state index in [2.05, 4.69) is 15.5 Å². The molecule has 2 aromatic heterocycles. The summed E-state index contributed by atoms with van der Waals surface area (Å²) in [6.07, 6.45) is 3.22. The number of carbonyl (C=O) groups excluding carboxylic acids is 1. The summed E-state index contributed by atoms with van der Waals surface area (Å²) < 4.78 is 3.46. The van der Waals surface area contributed by atoms with E-state index in [1.54, 1.807) is 17.9 Å². The molecule has 124 valence electrons. The molecule has 0 fully saturated rings. The Morgan fingerprint density at radius 1 is 1.33 bits per heavy atom. The summed E-state index contributed by atoms with van der Waals surface area (Å²) in [5.41, 5.74) is 3.96. The highest BCUT2D eigenvalue weighted by atomic mass is 35.5. The first-order valence-corrected chi connectivity index (χ1v) is 7.90. The molecule has 6 nitrogen and oxygen atoms in total. The molecule has 1 N–H and O–H groups in total. The average Bonchev–Trinajstić information content (AvgIpc) is 3.07. The lowest BCUT2D eigenvalue weighted by molar-refractivity contribution is 0.102. The lowest BCUT2D eigenvalue weighted by atomic mass is 10.2. The second-order valence-electron chi connectivity index (χ2n) is 5.69. The number of anilines is 1. The van der Waals surface area contributed by atoms with Crippen LogP contribution in [-0.2, 0) is 13.6 Å². The van der Waals surface area contributed by atoms with Crippen LogP contribution in [0.3, 0.4) is 0 Å². The van der Waals surface area contributed by atoms with Crippen molar-refractivity contribution in [3.8, 4) is 0 Å². The van der Waals surface area contributed by atoms with Gasteiger partial charge in [0, 0.05) is 18.3 Å². The third kappa shape index (κ3) is 3.33. The van der Waals surface area contributed by atoms with Crippen LogP contribution >= 0.6 is 11.6 Å². The standard InChI is InChI=1S/C17H18ClN5O/c1-11-16(20-17(24)14-8-19-22(3)10-14)12(2)23(21-11)9-13-5-4-6-15(18)7-13/h4-8,10H,9H2,1-3H3,(H,20,24). The summed E-state index contributed by atoms with van der Waals surface area (Å²) in [4.78, 5) is 12.3. The zero-order chi connectivity index (χ0) is 17.3. The maximum absolute atomic E-state index is 12.3. The number of hydrogen-bond acceptors (Lipinski definition) is 3. The summed E-state index contributed by atoms with van der Waals surface area (Å²) in [5, 5.41) is 12.2. The van der Waals surface area contributed by atoms with E-state index in [-0.39, 0.29) is 5.91 Å². The number of carbonyl (C=O) groups is 1. The van der Waals surface area contributed by atoms with Crippen molar-refractivity contribution >= 4 is 23.2 Å². The second-order valence-corrected chi connectivity index (χ2v) is 6.13. The van der Waals surface area contributed by atoms with Gasteiger partial charge in [-0.1, -0.05) is 23.7 Å². The molecule has 24 heavy (non-hydrogen) atoms. The predicted molar refractivity (Wildman–Crippen MR) is 93.4 cm³/mol. The summed E-state index contributed by atoms with van der Waals surface area (Å²) >= 11 is 6.03. The Bertz CT molecular complexity index is 896. The fourth-order valence-corrected chi connectivity index (χ4v) is 2.78. The van der Waals surface area contributed by atoms with Crippen LogP contribution in [-0.4, -0.2) is 25.5 Å². The van der Waals surface area contributed by atoms with Crippen LogP contribution in [0.15, 0.2) is 36.7 Å². The number of rotatable bonds is 4. The summed E-state index contributed by atoms with van der Waals surface area (Å²) in [6, 6.07) is 7.66. The van der Waals surface area contributed by atoms with Gasteiger partial charge >= 0.3 is 0 Å².